The van der Waals surface area contributed by atoms with Crippen molar-refractivity contribution in [3.8, 4) is 11.5 Å². The van der Waals surface area contributed by atoms with Gasteiger partial charge in [0.2, 0.25) is 11.9 Å². The zero-order chi connectivity index (χ0) is 10.1. The maximum Gasteiger partial charge on any atom is 0.225 e. The van der Waals surface area contributed by atoms with E-state index in [0.717, 1.165) is 5.69 Å². The molecule has 0 unspecified atom stereocenters. The number of nitrogen functional groups attached to an aromatic ring is 2. The number of hydrogen-bond donors (Lipinski definition) is 2. The normalized spacial score (nSPS) is 10.4. The van der Waals surface area contributed by atoms with Crippen LogP contribution in [0.4, 0.5) is 11.9 Å². The molecule has 4 N–H and O–H groups in total. The zero-order valence-corrected chi connectivity index (χ0v) is 7.55. The Morgan fingerprint density at radius 2 is 1.79 bits per heavy atom. The molecule has 0 spiro atoms. The van der Waals surface area contributed by atoms with Crippen molar-refractivity contribution in [2.24, 2.45) is 7.05 Å². The van der Waals surface area contributed by atoms with Gasteiger partial charge >= 0.3 is 0 Å². The molecule has 72 valence electrons. The lowest BCUT2D eigenvalue weighted by Crippen LogP contribution is -2.05. The summed E-state index contributed by atoms with van der Waals surface area (Å²) in [5.74, 6) is 0.636. The fourth-order valence-corrected chi connectivity index (χ4v) is 1.10. The molecule has 0 radical (unpaired) electrons. The van der Waals surface area contributed by atoms with Crippen LogP contribution in [0.5, 0.6) is 0 Å². The van der Waals surface area contributed by atoms with Crippen LogP contribution in [0.2, 0.25) is 0 Å². The minimum absolute atomic E-state index is 0.105. The summed E-state index contributed by atoms with van der Waals surface area (Å²) in [7, 11) is 1.83. The van der Waals surface area contributed by atoms with Gasteiger partial charge in [0.1, 0.15) is 5.69 Å². The Hall–Kier alpha value is -2.18. The molecular weight excluding hydrogens is 182 g/mol. The fraction of sp³-hybridized carbons (Fsp3) is 0.143. The predicted molar refractivity (Wildman–Crippen MR) is 50.9 cm³/mol. The summed E-state index contributed by atoms with van der Waals surface area (Å²) >= 11 is 0. The van der Waals surface area contributed by atoms with Crippen molar-refractivity contribution in [1.29, 1.82) is 0 Å². The van der Waals surface area contributed by atoms with E-state index >= 15 is 0 Å². The highest BCUT2D eigenvalue weighted by Crippen LogP contribution is 2.13. The monoisotopic (exact) mass is 191 g/mol. The number of aromatic nitrogens is 5. The van der Waals surface area contributed by atoms with Crippen molar-refractivity contribution in [3.05, 3.63) is 12.5 Å². The Labute approximate surface area is 79.8 Å². The number of rotatable bonds is 1. The van der Waals surface area contributed by atoms with Crippen LogP contribution in [0.15, 0.2) is 12.5 Å². The molecule has 0 saturated carbocycles. The summed E-state index contributed by atoms with van der Waals surface area (Å²) in [6.07, 6.45) is 3.28. The quantitative estimate of drug-likeness (QED) is 0.625. The second-order valence-corrected chi connectivity index (χ2v) is 2.77. The molecule has 0 aliphatic carbocycles. The maximum absolute atomic E-state index is 5.44. The van der Waals surface area contributed by atoms with Gasteiger partial charge in [-0.1, -0.05) is 0 Å². The number of nitrogens with zero attached hydrogens (tertiary/aromatic N) is 5. The van der Waals surface area contributed by atoms with E-state index in [2.05, 4.69) is 19.9 Å². The average molecular weight is 191 g/mol. The topological polar surface area (TPSA) is 109 Å². The first-order valence-corrected chi connectivity index (χ1v) is 3.90. The van der Waals surface area contributed by atoms with Gasteiger partial charge in [-0.2, -0.15) is 15.0 Å². The van der Waals surface area contributed by atoms with Gasteiger partial charge in [0.25, 0.3) is 0 Å². The molecule has 0 aromatic carbocycles. The van der Waals surface area contributed by atoms with Gasteiger partial charge in [-0.15, -0.1) is 0 Å². The second kappa shape index (κ2) is 2.95. The van der Waals surface area contributed by atoms with Crippen LogP contribution in [0.25, 0.3) is 11.5 Å². The molecule has 2 rings (SSSR count). The highest BCUT2D eigenvalue weighted by Gasteiger charge is 2.07. The molecule has 0 bridgehead atoms. The Kier molecular flexibility index (Phi) is 1.77. The van der Waals surface area contributed by atoms with Crippen LogP contribution in [0, 0.1) is 0 Å². The minimum atomic E-state index is 0.105. The van der Waals surface area contributed by atoms with Crippen molar-refractivity contribution in [2.45, 2.75) is 0 Å². The van der Waals surface area contributed by atoms with Gasteiger partial charge in [-0.25, -0.2) is 4.98 Å². The Morgan fingerprint density at radius 1 is 1.14 bits per heavy atom. The summed E-state index contributed by atoms with van der Waals surface area (Å²) in [5.41, 5.74) is 11.6. The standard InChI is InChI=1S/C7H9N7/c1-14-3-10-2-4(14)5-11-6(8)13-7(9)12-5/h2-3H,1H3,(H4,8,9,11,12,13). The molecular formula is C7H9N7. The van der Waals surface area contributed by atoms with E-state index in [1.165, 1.54) is 0 Å². The van der Waals surface area contributed by atoms with Crippen molar-refractivity contribution in [1.82, 2.24) is 24.5 Å². The number of imidazole rings is 1. The molecule has 0 atom stereocenters. The van der Waals surface area contributed by atoms with Crippen molar-refractivity contribution >= 4 is 11.9 Å². The number of anilines is 2. The van der Waals surface area contributed by atoms with Gasteiger partial charge in [-0.3, -0.25) is 0 Å². The average Bonchev–Trinajstić information content (AvgIpc) is 2.49. The van der Waals surface area contributed by atoms with Crippen LogP contribution < -0.4 is 11.5 Å². The molecule has 14 heavy (non-hydrogen) atoms. The van der Waals surface area contributed by atoms with E-state index in [0.29, 0.717) is 5.82 Å². The first-order chi connectivity index (χ1) is 6.66. The minimum Gasteiger partial charge on any atom is -0.368 e. The van der Waals surface area contributed by atoms with Crippen LogP contribution in [0.3, 0.4) is 0 Å². The fourth-order valence-electron chi connectivity index (χ4n) is 1.10. The number of aryl methyl sites for hydroxylation is 1. The Bertz CT molecular complexity index is 441. The van der Waals surface area contributed by atoms with Gasteiger partial charge in [-0.05, 0) is 0 Å². The molecule has 0 aliphatic heterocycles. The first-order valence-electron chi connectivity index (χ1n) is 3.90. The Balaban J connectivity index is 2.57. The van der Waals surface area contributed by atoms with Crippen LogP contribution in [-0.4, -0.2) is 24.5 Å². The number of nitrogens with two attached hydrogens (primary N) is 2. The van der Waals surface area contributed by atoms with Crippen LogP contribution in [0.1, 0.15) is 0 Å². The second-order valence-electron chi connectivity index (χ2n) is 2.77. The van der Waals surface area contributed by atoms with E-state index < -0.39 is 0 Å². The van der Waals surface area contributed by atoms with E-state index in [1.54, 1.807) is 17.1 Å². The SMILES string of the molecule is Cn1cncc1-c1nc(N)nc(N)n1. The molecule has 7 nitrogen and oxygen atoms in total. The predicted octanol–water partition coefficient (Wildman–Crippen LogP) is -0.564. The molecule has 2 aromatic rings. The molecule has 0 saturated heterocycles. The summed E-state index contributed by atoms with van der Waals surface area (Å²) in [6.45, 7) is 0. The number of hydrogen-bond acceptors (Lipinski definition) is 6. The van der Waals surface area contributed by atoms with Gasteiger partial charge in [0.05, 0.1) is 12.5 Å². The molecule has 2 aromatic heterocycles. The van der Waals surface area contributed by atoms with Crippen molar-refractivity contribution in [2.75, 3.05) is 11.5 Å². The third-order valence-electron chi connectivity index (χ3n) is 1.72. The summed E-state index contributed by atoms with van der Waals surface area (Å²) < 4.78 is 1.77. The van der Waals surface area contributed by atoms with E-state index in [9.17, 15) is 0 Å². The lowest BCUT2D eigenvalue weighted by Gasteiger charge is -2.01. The largest absolute Gasteiger partial charge is 0.368 e. The molecule has 0 amide bonds. The third-order valence-corrected chi connectivity index (χ3v) is 1.72. The van der Waals surface area contributed by atoms with E-state index in [-0.39, 0.29) is 11.9 Å². The summed E-state index contributed by atoms with van der Waals surface area (Å²) in [4.78, 5) is 15.5. The molecule has 0 fully saturated rings. The lowest BCUT2D eigenvalue weighted by atomic mass is 10.4. The maximum atomic E-state index is 5.44. The molecule has 2 heterocycles. The van der Waals surface area contributed by atoms with Crippen LogP contribution in [-0.2, 0) is 7.05 Å². The smallest absolute Gasteiger partial charge is 0.225 e. The highest BCUT2D eigenvalue weighted by molar-refractivity contribution is 5.51. The molecule has 7 heteroatoms. The van der Waals surface area contributed by atoms with Gasteiger partial charge in [0.15, 0.2) is 5.82 Å². The van der Waals surface area contributed by atoms with Gasteiger partial charge in [0, 0.05) is 7.05 Å². The Morgan fingerprint density at radius 3 is 2.29 bits per heavy atom. The highest BCUT2D eigenvalue weighted by atomic mass is 15.2. The van der Waals surface area contributed by atoms with Crippen molar-refractivity contribution in [3.63, 3.8) is 0 Å². The van der Waals surface area contributed by atoms with E-state index in [4.69, 9.17) is 11.5 Å². The lowest BCUT2D eigenvalue weighted by molar-refractivity contribution is 0.905. The first kappa shape index (κ1) is 8.42. The van der Waals surface area contributed by atoms with Gasteiger partial charge < -0.3 is 16.0 Å². The zero-order valence-electron chi connectivity index (χ0n) is 7.55. The van der Waals surface area contributed by atoms with Crippen molar-refractivity contribution < 1.29 is 0 Å². The third kappa shape index (κ3) is 1.35. The van der Waals surface area contributed by atoms with Crippen LogP contribution >= 0.6 is 0 Å². The molecule has 0 aliphatic rings. The summed E-state index contributed by atoms with van der Waals surface area (Å²) in [5, 5.41) is 0. The summed E-state index contributed by atoms with van der Waals surface area (Å²) in [6, 6.07) is 0. The van der Waals surface area contributed by atoms with E-state index in [1.807, 2.05) is 7.05 Å².